The van der Waals surface area contributed by atoms with Gasteiger partial charge in [0, 0.05) is 43.3 Å². The maximum Gasteiger partial charge on any atom is 0.224 e. The molecule has 2 rings (SSSR count). The molecular formula is C19H31ClIN5O. The zero-order valence-electron chi connectivity index (χ0n) is 16.1. The average molecular weight is 508 g/mol. The molecule has 0 spiro atoms. The monoisotopic (exact) mass is 507 g/mol. The normalized spacial score (nSPS) is 17.3. The van der Waals surface area contributed by atoms with Crippen LogP contribution in [-0.4, -0.2) is 56.0 Å². The Hall–Kier alpha value is -1.06. The van der Waals surface area contributed by atoms with Crippen molar-refractivity contribution in [2.45, 2.75) is 38.6 Å². The predicted octanol–water partition coefficient (Wildman–Crippen LogP) is 3.33. The van der Waals surface area contributed by atoms with Crippen molar-refractivity contribution >= 4 is 53.1 Å². The summed E-state index contributed by atoms with van der Waals surface area (Å²) in [7, 11) is 1.77. The minimum Gasteiger partial charge on any atom is -0.356 e. The fourth-order valence-electron chi connectivity index (χ4n) is 3.19. The Labute approximate surface area is 184 Å². The largest absolute Gasteiger partial charge is 0.356 e. The lowest BCUT2D eigenvalue weighted by Gasteiger charge is -2.23. The van der Waals surface area contributed by atoms with Gasteiger partial charge in [-0.15, -0.1) is 24.0 Å². The molecule has 6 nitrogen and oxygen atoms in total. The maximum absolute atomic E-state index is 12.0. The van der Waals surface area contributed by atoms with Crippen LogP contribution in [0.5, 0.6) is 0 Å². The predicted molar refractivity (Wildman–Crippen MR) is 124 cm³/mol. The summed E-state index contributed by atoms with van der Waals surface area (Å²) in [5.41, 5.74) is 0.766. The molecule has 3 N–H and O–H groups in total. The van der Waals surface area contributed by atoms with Crippen molar-refractivity contribution in [3.05, 3.63) is 29.3 Å². The highest BCUT2D eigenvalue weighted by atomic mass is 127. The van der Waals surface area contributed by atoms with Crippen LogP contribution in [0.1, 0.15) is 32.6 Å². The SMILES string of the molecule is CCN1CCCC1CNC(=NC)NCCCC(=O)Nc1ccc(Cl)cc1.I. The van der Waals surface area contributed by atoms with Gasteiger partial charge in [0.15, 0.2) is 5.96 Å². The number of likely N-dealkylation sites (tertiary alicyclic amines) is 1. The molecule has 1 fully saturated rings. The third kappa shape index (κ3) is 8.66. The van der Waals surface area contributed by atoms with Gasteiger partial charge in [0.25, 0.3) is 0 Å². The molecule has 1 atom stereocenters. The molecule has 1 saturated heterocycles. The van der Waals surface area contributed by atoms with Crippen molar-refractivity contribution in [1.82, 2.24) is 15.5 Å². The van der Waals surface area contributed by atoms with Gasteiger partial charge in [0.1, 0.15) is 0 Å². The molecule has 152 valence electrons. The smallest absolute Gasteiger partial charge is 0.224 e. The number of carbonyl (C=O) groups excluding carboxylic acids is 1. The van der Waals surface area contributed by atoms with Gasteiger partial charge in [0.2, 0.25) is 5.91 Å². The quantitative estimate of drug-likeness (QED) is 0.219. The first-order valence-corrected chi connectivity index (χ1v) is 9.74. The average Bonchev–Trinajstić information content (AvgIpc) is 3.10. The van der Waals surface area contributed by atoms with E-state index >= 15 is 0 Å². The van der Waals surface area contributed by atoms with E-state index in [0.717, 1.165) is 31.2 Å². The number of nitrogens with zero attached hydrogens (tertiary/aromatic N) is 2. The van der Waals surface area contributed by atoms with Gasteiger partial charge in [-0.25, -0.2) is 0 Å². The van der Waals surface area contributed by atoms with Crippen LogP contribution in [0.15, 0.2) is 29.3 Å². The highest BCUT2D eigenvalue weighted by Crippen LogP contribution is 2.15. The van der Waals surface area contributed by atoms with Gasteiger partial charge in [-0.3, -0.25) is 14.7 Å². The van der Waals surface area contributed by atoms with E-state index in [1.807, 2.05) is 0 Å². The lowest BCUT2D eigenvalue weighted by atomic mass is 10.2. The number of anilines is 1. The standard InChI is InChI=1S/C19H30ClN5O.HI/c1-3-25-13-5-6-17(25)14-23-19(21-2)22-12-4-7-18(26)24-16-10-8-15(20)9-11-16;/h8-11,17H,3-7,12-14H2,1-2H3,(H,24,26)(H2,21,22,23);1H. The van der Waals surface area contributed by atoms with E-state index in [2.05, 4.69) is 32.8 Å². The molecule has 0 bridgehead atoms. The molecule has 1 unspecified atom stereocenters. The van der Waals surface area contributed by atoms with Crippen LogP contribution in [-0.2, 0) is 4.79 Å². The number of aliphatic imine (C=N–C) groups is 1. The molecule has 0 aliphatic carbocycles. The Kier molecular flexibility index (Phi) is 11.7. The van der Waals surface area contributed by atoms with E-state index in [1.165, 1.54) is 19.4 Å². The Morgan fingerprint density at radius 1 is 1.30 bits per heavy atom. The van der Waals surface area contributed by atoms with E-state index < -0.39 is 0 Å². The van der Waals surface area contributed by atoms with E-state index in [-0.39, 0.29) is 29.9 Å². The number of carbonyl (C=O) groups is 1. The second-order valence-electron chi connectivity index (χ2n) is 6.46. The topological polar surface area (TPSA) is 68.8 Å². The number of benzene rings is 1. The Balaban J connectivity index is 0.00000364. The summed E-state index contributed by atoms with van der Waals surface area (Å²) in [6.07, 6.45) is 3.71. The van der Waals surface area contributed by atoms with Crippen molar-refractivity contribution in [3.63, 3.8) is 0 Å². The summed E-state index contributed by atoms with van der Waals surface area (Å²) in [6, 6.07) is 7.71. The molecule has 1 aromatic rings. The van der Waals surface area contributed by atoms with Crippen LogP contribution in [0.3, 0.4) is 0 Å². The number of amides is 1. The fraction of sp³-hybridized carbons (Fsp3) is 0.579. The number of guanidine groups is 1. The van der Waals surface area contributed by atoms with Crippen molar-refractivity contribution in [2.24, 2.45) is 4.99 Å². The molecule has 0 radical (unpaired) electrons. The second-order valence-corrected chi connectivity index (χ2v) is 6.90. The summed E-state index contributed by atoms with van der Waals surface area (Å²) < 4.78 is 0. The van der Waals surface area contributed by atoms with Gasteiger partial charge in [-0.2, -0.15) is 0 Å². The lowest BCUT2D eigenvalue weighted by Crippen LogP contribution is -2.45. The summed E-state index contributed by atoms with van der Waals surface area (Å²) in [5.74, 6) is 0.799. The van der Waals surface area contributed by atoms with E-state index in [4.69, 9.17) is 11.6 Å². The zero-order valence-corrected chi connectivity index (χ0v) is 19.2. The van der Waals surface area contributed by atoms with Gasteiger partial charge >= 0.3 is 0 Å². The van der Waals surface area contributed by atoms with Gasteiger partial charge < -0.3 is 16.0 Å². The third-order valence-electron chi connectivity index (χ3n) is 4.64. The molecule has 1 aliphatic heterocycles. The highest BCUT2D eigenvalue weighted by Gasteiger charge is 2.22. The second kappa shape index (κ2) is 13.2. The number of hydrogen-bond donors (Lipinski definition) is 3. The van der Waals surface area contributed by atoms with Crippen molar-refractivity contribution in [1.29, 1.82) is 0 Å². The van der Waals surface area contributed by atoms with Crippen LogP contribution >= 0.6 is 35.6 Å². The first-order valence-electron chi connectivity index (χ1n) is 9.36. The van der Waals surface area contributed by atoms with Gasteiger partial charge in [-0.05, 0) is 56.6 Å². The minimum atomic E-state index is 0. The minimum absolute atomic E-state index is 0. The van der Waals surface area contributed by atoms with Gasteiger partial charge in [0.05, 0.1) is 0 Å². The first-order chi connectivity index (χ1) is 12.6. The highest BCUT2D eigenvalue weighted by molar-refractivity contribution is 14.0. The summed E-state index contributed by atoms with van der Waals surface area (Å²) in [5, 5.41) is 10.2. The number of hydrogen-bond acceptors (Lipinski definition) is 3. The van der Waals surface area contributed by atoms with Crippen molar-refractivity contribution < 1.29 is 4.79 Å². The molecular weight excluding hydrogens is 477 g/mol. The Morgan fingerprint density at radius 3 is 2.70 bits per heavy atom. The van der Waals surface area contributed by atoms with Crippen molar-refractivity contribution in [3.8, 4) is 0 Å². The van der Waals surface area contributed by atoms with Gasteiger partial charge in [-0.1, -0.05) is 18.5 Å². The Bertz CT molecular complexity index is 596. The summed E-state index contributed by atoms with van der Waals surface area (Å²) in [6.45, 7) is 6.11. The van der Waals surface area contributed by atoms with E-state index in [0.29, 0.717) is 24.0 Å². The molecule has 1 aliphatic rings. The maximum atomic E-state index is 12.0. The summed E-state index contributed by atoms with van der Waals surface area (Å²) >= 11 is 5.84. The van der Waals surface area contributed by atoms with E-state index in [9.17, 15) is 4.79 Å². The van der Waals surface area contributed by atoms with Crippen LogP contribution in [0.4, 0.5) is 5.69 Å². The molecule has 1 amide bonds. The number of halogens is 2. The first kappa shape index (κ1) is 24.0. The van der Waals surface area contributed by atoms with Crippen LogP contribution in [0.25, 0.3) is 0 Å². The number of nitrogens with one attached hydrogen (secondary N) is 3. The summed E-state index contributed by atoms with van der Waals surface area (Å²) in [4.78, 5) is 18.7. The molecule has 1 aromatic carbocycles. The van der Waals surface area contributed by atoms with Crippen LogP contribution < -0.4 is 16.0 Å². The number of likely N-dealkylation sites (N-methyl/N-ethyl adjacent to an activating group) is 1. The third-order valence-corrected chi connectivity index (χ3v) is 4.89. The fourth-order valence-corrected chi connectivity index (χ4v) is 3.32. The number of rotatable bonds is 8. The molecule has 0 aromatic heterocycles. The molecule has 1 heterocycles. The van der Waals surface area contributed by atoms with Crippen LogP contribution in [0, 0.1) is 0 Å². The lowest BCUT2D eigenvalue weighted by molar-refractivity contribution is -0.116. The van der Waals surface area contributed by atoms with E-state index in [1.54, 1.807) is 31.3 Å². The molecule has 27 heavy (non-hydrogen) atoms. The van der Waals surface area contributed by atoms with Crippen LogP contribution in [0.2, 0.25) is 5.02 Å². The zero-order chi connectivity index (χ0) is 18.8. The Morgan fingerprint density at radius 2 is 2.04 bits per heavy atom. The van der Waals surface area contributed by atoms with Crippen molar-refractivity contribution in [2.75, 3.05) is 38.5 Å². The molecule has 8 heteroatoms. The molecule has 0 saturated carbocycles.